The Kier molecular flexibility index (Phi) is 2.77. The molecule has 1 nitrogen and oxygen atoms in total. The Balaban J connectivity index is 2.40. The van der Waals surface area contributed by atoms with E-state index >= 15 is 0 Å². The molecule has 0 aromatic rings. The summed E-state index contributed by atoms with van der Waals surface area (Å²) in [5.74, 6) is 0. The van der Waals surface area contributed by atoms with Crippen LogP contribution in [0.5, 0.6) is 0 Å². The maximum absolute atomic E-state index is 11.9. The molecule has 12 heavy (non-hydrogen) atoms. The minimum atomic E-state index is -4.06. The second kappa shape index (κ2) is 3.47. The van der Waals surface area contributed by atoms with Gasteiger partial charge in [0.15, 0.2) is 0 Å². The molecule has 1 heterocycles. The Labute approximate surface area is 69.9 Å². The van der Waals surface area contributed by atoms with E-state index in [-0.39, 0.29) is 0 Å². The Morgan fingerprint density at radius 1 is 1.50 bits per heavy atom. The Hall–Kier alpha value is -0.510. The lowest BCUT2D eigenvalue weighted by atomic mass is 10.1. The third kappa shape index (κ3) is 3.26. The Morgan fingerprint density at radius 2 is 2.17 bits per heavy atom. The van der Waals surface area contributed by atoms with Gasteiger partial charge in [-0.1, -0.05) is 11.6 Å². The molecule has 0 aromatic carbocycles. The zero-order valence-corrected chi connectivity index (χ0v) is 6.99. The lowest BCUT2D eigenvalue weighted by molar-refractivity contribution is -0.145. The summed E-state index contributed by atoms with van der Waals surface area (Å²) < 4.78 is 35.7. The largest absolute Gasteiger partial charge is 0.401 e. The molecule has 0 saturated carbocycles. The van der Waals surface area contributed by atoms with Gasteiger partial charge in [-0.3, -0.25) is 4.90 Å². The highest BCUT2D eigenvalue weighted by molar-refractivity contribution is 5.04. The number of halogens is 3. The fourth-order valence-electron chi connectivity index (χ4n) is 1.38. The van der Waals surface area contributed by atoms with Gasteiger partial charge in [-0.05, 0) is 13.3 Å². The third-order valence-electron chi connectivity index (χ3n) is 1.81. The van der Waals surface area contributed by atoms with E-state index in [0.29, 0.717) is 13.1 Å². The summed E-state index contributed by atoms with van der Waals surface area (Å²) in [5.41, 5.74) is 1.03. The molecule has 0 radical (unpaired) electrons. The molecular weight excluding hydrogens is 167 g/mol. The monoisotopic (exact) mass is 179 g/mol. The molecule has 0 N–H and O–H groups in total. The van der Waals surface area contributed by atoms with Gasteiger partial charge in [0.25, 0.3) is 0 Å². The smallest absolute Gasteiger partial charge is 0.291 e. The zero-order chi connectivity index (χ0) is 9.19. The second-order valence-electron chi connectivity index (χ2n) is 3.16. The first kappa shape index (κ1) is 9.58. The van der Waals surface area contributed by atoms with Crippen LogP contribution in [0, 0.1) is 0 Å². The summed E-state index contributed by atoms with van der Waals surface area (Å²) in [6.45, 7) is 2.07. The van der Waals surface area contributed by atoms with E-state index in [9.17, 15) is 13.2 Å². The first-order valence-electron chi connectivity index (χ1n) is 3.92. The highest BCUT2D eigenvalue weighted by Gasteiger charge is 2.30. The van der Waals surface area contributed by atoms with Gasteiger partial charge in [-0.25, -0.2) is 0 Å². The number of alkyl halides is 3. The summed E-state index contributed by atoms with van der Waals surface area (Å²) in [5, 5.41) is 0. The van der Waals surface area contributed by atoms with Gasteiger partial charge in [0.1, 0.15) is 0 Å². The van der Waals surface area contributed by atoms with Gasteiger partial charge >= 0.3 is 6.18 Å². The van der Waals surface area contributed by atoms with Gasteiger partial charge in [0.05, 0.1) is 6.54 Å². The van der Waals surface area contributed by atoms with Crippen molar-refractivity contribution >= 4 is 0 Å². The van der Waals surface area contributed by atoms with Crippen LogP contribution in [-0.2, 0) is 0 Å². The van der Waals surface area contributed by atoms with Crippen LogP contribution in [0.1, 0.15) is 13.3 Å². The summed E-state index contributed by atoms with van der Waals surface area (Å²) in [6, 6.07) is 0. The molecule has 0 spiro atoms. The van der Waals surface area contributed by atoms with Crippen molar-refractivity contribution in [1.29, 1.82) is 0 Å². The molecule has 4 heteroatoms. The van der Waals surface area contributed by atoms with Crippen LogP contribution in [0.4, 0.5) is 13.2 Å². The van der Waals surface area contributed by atoms with E-state index < -0.39 is 12.7 Å². The van der Waals surface area contributed by atoms with Crippen LogP contribution in [0.25, 0.3) is 0 Å². The summed E-state index contributed by atoms with van der Waals surface area (Å²) in [4.78, 5) is 1.43. The molecule has 1 rings (SSSR count). The minimum absolute atomic E-state index is 0.458. The highest BCUT2D eigenvalue weighted by atomic mass is 19.4. The van der Waals surface area contributed by atoms with Crippen molar-refractivity contribution < 1.29 is 13.2 Å². The van der Waals surface area contributed by atoms with Gasteiger partial charge in [-0.15, -0.1) is 0 Å². The van der Waals surface area contributed by atoms with Crippen molar-refractivity contribution in [2.24, 2.45) is 0 Å². The standard InChI is InChI=1S/C8H12F3N/c1-7-3-2-4-12(5-7)6-8(9,10)11/h3H,2,4-6H2,1H3. The summed E-state index contributed by atoms with van der Waals surface area (Å²) >= 11 is 0. The van der Waals surface area contributed by atoms with E-state index in [1.807, 2.05) is 13.0 Å². The molecule has 0 aliphatic carbocycles. The van der Waals surface area contributed by atoms with Crippen LogP contribution in [0.2, 0.25) is 0 Å². The molecule has 1 aliphatic rings. The van der Waals surface area contributed by atoms with Crippen LogP contribution in [0.3, 0.4) is 0 Å². The number of hydrogen-bond donors (Lipinski definition) is 0. The van der Waals surface area contributed by atoms with Crippen LogP contribution >= 0.6 is 0 Å². The normalized spacial score (nSPS) is 20.8. The first-order valence-corrected chi connectivity index (χ1v) is 3.92. The molecule has 0 bridgehead atoms. The summed E-state index contributed by atoms with van der Waals surface area (Å²) in [7, 11) is 0. The van der Waals surface area contributed by atoms with Crippen LogP contribution in [-0.4, -0.2) is 30.7 Å². The van der Waals surface area contributed by atoms with Gasteiger partial charge < -0.3 is 0 Å². The van der Waals surface area contributed by atoms with Gasteiger partial charge in [0, 0.05) is 13.1 Å². The van der Waals surface area contributed by atoms with E-state index in [4.69, 9.17) is 0 Å². The van der Waals surface area contributed by atoms with Crippen LogP contribution in [0.15, 0.2) is 11.6 Å². The highest BCUT2D eigenvalue weighted by Crippen LogP contribution is 2.19. The van der Waals surface area contributed by atoms with Gasteiger partial charge in [-0.2, -0.15) is 13.2 Å². The average molecular weight is 179 g/mol. The van der Waals surface area contributed by atoms with Gasteiger partial charge in [0.2, 0.25) is 0 Å². The van der Waals surface area contributed by atoms with Crippen molar-refractivity contribution in [2.45, 2.75) is 19.5 Å². The van der Waals surface area contributed by atoms with Crippen molar-refractivity contribution in [2.75, 3.05) is 19.6 Å². The first-order chi connectivity index (χ1) is 5.47. The van der Waals surface area contributed by atoms with E-state index in [2.05, 4.69) is 0 Å². The molecule has 0 amide bonds. The second-order valence-corrected chi connectivity index (χ2v) is 3.16. The van der Waals surface area contributed by atoms with Crippen molar-refractivity contribution in [1.82, 2.24) is 4.90 Å². The maximum atomic E-state index is 11.9. The molecule has 0 saturated heterocycles. The Bertz CT molecular complexity index is 183. The predicted molar refractivity (Wildman–Crippen MR) is 40.9 cm³/mol. The van der Waals surface area contributed by atoms with Crippen molar-refractivity contribution in [3.05, 3.63) is 11.6 Å². The lowest BCUT2D eigenvalue weighted by Crippen LogP contribution is -2.37. The maximum Gasteiger partial charge on any atom is 0.401 e. The molecule has 70 valence electrons. The van der Waals surface area contributed by atoms with Crippen molar-refractivity contribution in [3.63, 3.8) is 0 Å². The van der Waals surface area contributed by atoms with E-state index in [0.717, 1.165) is 12.0 Å². The average Bonchev–Trinajstić information content (AvgIpc) is 1.82. The lowest BCUT2D eigenvalue weighted by Gasteiger charge is -2.26. The SMILES string of the molecule is CC1=CCCN(CC(F)(F)F)C1. The quantitative estimate of drug-likeness (QED) is 0.558. The zero-order valence-electron chi connectivity index (χ0n) is 6.99. The predicted octanol–water partition coefficient (Wildman–Crippen LogP) is 2.20. The molecule has 0 atom stereocenters. The fourth-order valence-corrected chi connectivity index (χ4v) is 1.38. The van der Waals surface area contributed by atoms with E-state index in [1.165, 1.54) is 4.90 Å². The number of nitrogens with zero attached hydrogens (tertiary/aromatic N) is 1. The van der Waals surface area contributed by atoms with Crippen LogP contribution < -0.4 is 0 Å². The molecule has 0 unspecified atom stereocenters. The fraction of sp³-hybridized carbons (Fsp3) is 0.750. The van der Waals surface area contributed by atoms with E-state index in [1.54, 1.807) is 0 Å². The molecule has 0 fully saturated rings. The summed E-state index contributed by atoms with van der Waals surface area (Å²) in [6.07, 6.45) is -1.33. The molecule has 1 aliphatic heterocycles. The number of rotatable bonds is 1. The molecular formula is C8H12F3N. The Morgan fingerprint density at radius 3 is 2.67 bits per heavy atom. The minimum Gasteiger partial charge on any atom is -0.291 e. The topological polar surface area (TPSA) is 3.24 Å². The number of hydrogen-bond acceptors (Lipinski definition) is 1. The molecule has 0 aromatic heterocycles. The third-order valence-corrected chi connectivity index (χ3v) is 1.81. The van der Waals surface area contributed by atoms with Crippen molar-refractivity contribution in [3.8, 4) is 0 Å².